The van der Waals surface area contributed by atoms with Crippen LogP contribution in [0.1, 0.15) is 32.3 Å². The van der Waals surface area contributed by atoms with E-state index in [0.29, 0.717) is 19.3 Å². The fraction of sp³-hybridized carbons (Fsp3) is 0.429. The van der Waals surface area contributed by atoms with E-state index in [1.165, 1.54) is 0 Å². The van der Waals surface area contributed by atoms with E-state index in [2.05, 4.69) is 11.4 Å². The molecule has 1 aromatic rings. The fourth-order valence-electron chi connectivity index (χ4n) is 1.46. The summed E-state index contributed by atoms with van der Waals surface area (Å²) in [4.78, 5) is 11.7. The Balaban J connectivity index is 2.47. The molecule has 4 heteroatoms. The van der Waals surface area contributed by atoms with E-state index < -0.39 is 0 Å². The minimum atomic E-state index is -0.325. The number of carbonyl (C=O) groups is 1. The zero-order chi connectivity index (χ0) is 13.6. The van der Waals surface area contributed by atoms with Crippen molar-refractivity contribution in [1.29, 1.82) is 5.26 Å². The highest BCUT2D eigenvalue weighted by atomic mass is 16.1. The van der Waals surface area contributed by atoms with E-state index in [-0.39, 0.29) is 11.4 Å². The minimum Gasteiger partial charge on any atom is -0.326 e. The number of amides is 1. The van der Waals surface area contributed by atoms with Gasteiger partial charge in [-0.1, -0.05) is 12.1 Å². The van der Waals surface area contributed by atoms with Gasteiger partial charge in [-0.05, 0) is 38.0 Å². The SMILES string of the molecule is CC(C)(N)CCC(=O)Nc1ccc(CC#N)cc1. The van der Waals surface area contributed by atoms with Crippen LogP contribution < -0.4 is 11.1 Å². The van der Waals surface area contributed by atoms with E-state index in [4.69, 9.17) is 11.0 Å². The number of nitriles is 1. The van der Waals surface area contributed by atoms with Gasteiger partial charge in [0.2, 0.25) is 5.91 Å². The normalized spacial score (nSPS) is 10.8. The summed E-state index contributed by atoms with van der Waals surface area (Å²) in [5.41, 5.74) is 7.18. The van der Waals surface area contributed by atoms with E-state index in [9.17, 15) is 4.79 Å². The number of hydrogen-bond donors (Lipinski definition) is 2. The molecule has 1 aromatic carbocycles. The molecule has 4 nitrogen and oxygen atoms in total. The third-order valence-electron chi connectivity index (χ3n) is 2.52. The fourth-order valence-corrected chi connectivity index (χ4v) is 1.46. The average molecular weight is 245 g/mol. The summed E-state index contributed by atoms with van der Waals surface area (Å²) < 4.78 is 0. The molecule has 3 N–H and O–H groups in total. The maximum atomic E-state index is 11.7. The van der Waals surface area contributed by atoms with Crippen molar-refractivity contribution < 1.29 is 4.79 Å². The van der Waals surface area contributed by atoms with Gasteiger partial charge < -0.3 is 11.1 Å². The van der Waals surface area contributed by atoms with Crippen LogP contribution >= 0.6 is 0 Å². The second-order valence-corrected chi connectivity index (χ2v) is 5.07. The molecule has 1 amide bonds. The third-order valence-corrected chi connectivity index (χ3v) is 2.52. The second-order valence-electron chi connectivity index (χ2n) is 5.07. The first-order chi connectivity index (χ1) is 8.40. The minimum absolute atomic E-state index is 0.0402. The maximum absolute atomic E-state index is 11.7. The molecular weight excluding hydrogens is 226 g/mol. The molecular formula is C14H19N3O. The van der Waals surface area contributed by atoms with E-state index >= 15 is 0 Å². The molecule has 96 valence electrons. The molecule has 0 spiro atoms. The molecule has 0 fully saturated rings. The molecule has 0 aliphatic heterocycles. The van der Waals surface area contributed by atoms with Crippen molar-refractivity contribution in [3.8, 4) is 6.07 Å². The first-order valence-electron chi connectivity index (χ1n) is 5.95. The predicted molar refractivity (Wildman–Crippen MR) is 71.9 cm³/mol. The Morgan fingerprint density at radius 2 is 2.00 bits per heavy atom. The topological polar surface area (TPSA) is 78.9 Å². The molecule has 0 bridgehead atoms. The zero-order valence-electron chi connectivity index (χ0n) is 10.9. The van der Waals surface area contributed by atoms with Gasteiger partial charge in [0.1, 0.15) is 0 Å². The molecule has 0 saturated carbocycles. The summed E-state index contributed by atoms with van der Waals surface area (Å²) in [5, 5.41) is 11.4. The van der Waals surface area contributed by atoms with Gasteiger partial charge in [-0.2, -0.15) is 5.26 Å². The number of nitrogens with two attached hydrogens (primary N) is 1. The molecule has 0 aromatic heterocycles. The first-order valence-corrected chi connectivity index (χ1v) is 5.95. The Morgan fingerprint density at radius 1 is 1.39 bits per heavy atom. The Morgan fingerprint density at radius 3 is 2.50 bits per heavy atom. The number of hydrogen-bond acceptors (Lipinski definition) is 3. The van der Waals surface area contributed by atoms with Crippen molar-refractivity contribution in [2.75, 3.05) is 5.32 Å². The molecule has 0 aliphatic rings. The number of benzene rings is 1. The number of nitrogens with one attached hydrogen (secondary N) is 1. The Kier molecular flexibility index (Phi) is 4.87. The predicted octanol–water partition coefficient (Wildman–Crippen LogP) is 2.21. The molecule has 1 rings (SSSR count). The van der Waals surface area contributed by atoms with Crippen LogP contribution in [0.5, 0.6) is 0 Å². The highest BCUT2D eigenvalue weighted by molar-refractivity contribution is 5.90. The quantitative estimate of drug-likeness (QED) is 0.834. The van der Waals surface area contributed by atoms with E-state index in [1.54, 1.807) is 12.1 Å². The van der Waals surface area contributed by atoms with Crippen LogP contribution in [0.4, 0.5) is 5.69 Å². The number of carbonyl (C=O) groups excluding carboxylic acids is 1. The van der Waals surface area contributed by atoms with Crippen LogP contribution in [0.15, 0.2) is 24.3 Å². The molecule has 0 heterocycles. The van der Waals surface area contributed by atoms with Gasteiger partial charge in [0.25, 0.3) is 0 Å². The lowest BCUT2D eigenvalue weighted by Gasteiger charge is -2.17. The maximum Gasteiger partial charge on any atom is 0.224 e. The molecule has 0 saturated heterocycles. The van der Waals surface area contributed by atoms with Crippen LogP contribution in [0.3, 0.4) is 0 Å². The standard InChI is InChI=1S/C14H19N3O/c1-14(2,16)9-7-13(18)17-12-5-3-11(4-6-12)8-10-15/h3-6H,7-9,16H2,1-2H3,(H,17,18). The summed E-state index contributed by atoms with van der Waals surface area (Å²) in [6.45, 7) is 3.80. The number of rotatable bonds is 5. The summed E-state index contributed by atoms with van der Waals surface area (Å²) in [5.74, 6) is -0.0402. The molecule has 0 unspecified atom stereocenters. The van der Waals surface area contributed by atoms with Gasteiger partial charge in [0.15, 0.2) is 0 Å². The highest BCUT2D eigenvalue weighted by Gasteiger charge is 2.13. The summed E-state index contributed by atoms with van der Waals surface area (Å²) in [6.07, 6.45) is 1.43. The third kappa shape index (κ3) is 5.46. The average Bonchev–Trinajstić information content (AvgIpc) is 2.29. The Hall–Kier alpha value is -1.86. The Bertz CT molecular complexity index is 438. The van der Waals surface area contributed by atoms with Crippen LogP contribution in [0.25, 0.3) is 0 Å². The summed E-state index contributed by atoms with van der Waals surface area (Å²) in [7, 11) is 0. The van der Waals surface area contributed by atoms with E-state index in [0.717, 1.165) is 11.3 Å². The molecule has 0 radical (unpaired) electrons. The van der Waals surface area contributed by atoms with Gasteiger partial charge >= 0.3 is 0 Å². The van der Waals surface area contributed by atoms with Gasteiger partial charge in [-0.3, -0.25) is 4.79 Å². The lowest BCUT2D eigenvalue weighted by atomic mass is 10.00. The smallest absolute Gasteiger partial charge is 0.224 e. The van der Waals surface area contributed by atoms with Crippen molar-refractivity contribution in [1.82, 2.24) is 0 Å². The number of nitrogens with zero attached hydrogens (tertiary/aromatic N) is 1. The lowest BCUT2D eigenvalue weighted by molar-refractivity contribution is -0.116. The zero-order valence-corrected chi connectivity index (χ0v) is 10.9. The Labute approximate surface area is 108 Å². The lowest BCUT2D eigenvalue weighted by Crippen LogP contribution is -2.33. The van der Waals surface area contributed by atoms with Crippen molar-refractivity contribution in [3.05, 3.63) is 29.8 Å². The van der Waals surface area contributed by atoms with Gasteiger partial charge in [-0.25, -0.2) is 0 Å². The van der Waals surface area contributed by atoms with E-state index in [1.807, 2.05) is 26.0 Å². The van der Waals surface area contributed by atoms with Crippen LogP contribution in [0.2, 0.25) is 0 Å². The van der Waals surface area contributed by atoms with Gasteiger partial charge in [0.05, 0.1) is 12.5 Å². The van der Waals surface area contributed by atoms with Crippen molar-refractivity contribution in [2.24, 2.45) is 5.73 Å². The van der Waals surface area contributed by atoms with Crippen LogP contribution in [0, 0.1) is 11.3 Å². The molecule has 0 atom stereocenters. The number of anilines is 1. The van der Waals surface area contributed by atoms with Crippen LogP contribution in [-0.2, 0) is 11.2 Å². The molecule has 18 heavy (non-hydrogen) atoms. The van der Waals surface area contributed by atoms with Crippen molar-refractivity contribution in [3.63, 3.8) is 0 Å². The van der Waals surface area contributed by atoms with Crippen molar-refractivity contribution >= 4 is 11.6 Å². The second kappa shape index (κ2) is 6.18. The first kappa shape index (κ1) is 14.2. The van der Waals surface area contributed by atoms with Gasteiger partial charge in [0, 0.05) is 17.6 Å². The highest BCUT2D eigenvalue weighted by Crippen LogP contribution is 2.12. The van der Waals surface area contributed by atoms with Crippen molar-refractivity contribution in [2.45, 2.75) is 38.6 Å². The summed E-state index contributed by atoms with van der Waals surface area (Å²) >= 11 is 0. The summed E-state index contributed by atoms with van der Waals surface area (Å²) in [6, 6.07) is 9.37. The van der Waals surface area contributed by atoms with Gasteiger partial charge in [-0.15, -0.1) is 0 Å². The molecule has 0 aliphatic carbocycles. The van der Waals surface area contributed by atoms with Crippen LogP contribution in [-0.4, -0.2) is 11.4 Å². The largest absolute Gasteiger partial charge is 0.326 e. The monoisotopic (exact) mass is 245 g/mol.